The molecule has 0 bridgehead atoms. The fraction of sp³-hybridized carbons (Fsp3) is 0.158. The van der Waals surface area contributed by atoms with Crippen LogP contribution >= 0.6 is 11.6 Å². The van der Waals surface area contributed by atoms with Gasteiger partial charge in [-0.1, -0.05) is 17.7 Å². The lowest BCUT2D eigenvalue weighted by atomic mass is 10.2. The number of anilines is 1. The highest BCUT2D eigenvalue weighted by Crippen LogP contribution is 2.30. The summed E-state index contributed by atoms with van der Waals surface area (Å²) in [6, 6.07) is 8.76. The number of alkyl halides is 3. The van der Waals surface area contributed by atoms with Gasteiger partial charge in [-0.2, -0.15) is 13.2 Å². The van der Waals surface area contributed by atoms with Crippen LogP contribution in [0.15, 0.2) is 64.6 Å². The van der Waals surface area contributed by atoms with E-state index >= 15 is 0 Å². The molecule has 0 spiro atoms. The zero-order valence-corrected chi connectivity index (χ0v) is 14.7. The van der Waals surface area contributed by atoms with Gasteiger partial charge in [-0.3, -0.25) is 0 Å². The average Bonchev–Trinajstić information content (AvgIpc) is 2.83. The standard InChI is InChI=1S/C19H14ClF4N3/c20-15-11-14(9-10-16(15)21)26-18-4-2-1-3-17(27-18)25-13-7-5-12(6-8-13)19(22,23)24/h1,3,5-11H,2,4H2,(H,25,26,27). The summed E-state index contributed by atoms with van der Waals surface area (Å²) in [6.45, 7) is 0. The summed E-state index contributed by atoms with van der Waals surface area (Å²) >= 11 is 5.77. The third kappa shape index (κ3) is 5.17. The highest BCUT2D eigenvalue weighted by atomic mass is 35.5. The van der Waals surface area contributed by atoms with Gasteiger partial charge in [-0.05, 0) is 55.0 Å². The number of benzene rings is 2. The molecule has 0 atom stereocenters. The van der Waals surface area contributed by atoms with Crippen LogP contribution in [0.25, 0.3) is 0 Å². The van der Waals surface area contributed by atoms with Crippen LogP contribution < -0.4 is 5.32 Å². The maximum absolute atomic E-state index is 13.3. The molecule has 2 aromatic carbocycles. The zero-order chi connectivity index (χ0) is 19.4. The molecule has 0 saturated heterocycles. The molecule has 2 aromatic rings. The van der Waals surface area contributed by atoms with Crippen LogP contribution in [-0.4, -0.2) is 11.7 Å². The molecule has 0 unspecified atom stereocenters. The lowest BCUT2D eigenvalue weighted by molar-refractivity contribution is -0.137. The molecule has 1 aliphatic heterocycles. The van der Waals surface area contributed by atoms with Crippen LogP contribution in [0.2, 0.25) is 5.02 Å². The Morgan fingerprint density at radius 1 is 1.07 bits per heavy atom. The van der Waals surface area contributed by atoms with Crippen molar-refractivity contribution in [1.29, 1.82) is 0 Å². The lowest BCUT2D eigenvalue weighted by Gasteiger charge is -2.09. The largest absolute Gasteiger partial charge is 0.416 e. The lowest BCUT2D eigenvalue weighted by Crippen LogP contribution is -2.12. The molecule has 27 heavy (non-hydrogen) atoms. The minimum Gasteiger partial charge on any atom is -0.344 e. The predicted molar refractivity (Wildman–Crippen MR) is 99.4 cm³/mol. The van der Waals surface area contributed by atoms with Crippen molar-refractivity contribution >= 4 is 34.6 Å². The summed E-state index contributed by atoms with van der Waals surface area (Å²) in [5, 5.41) is 3.05. The molecule has 0 aliphatic carbocycles. The number of aliphatic imine (C=N–C) groups is 2. The molecule has 3 nitrogen and oxygen atoms in total. The van der Waals surface area contributed by atoms with Gasteiger partial charge in [-0.15, -0.1) is 0 Å². The Hall–Kier alpha value is -2.67. The third-order valence-corrected chi connectivity index (χ3v) is 4.00. The quantitative estimate of drug-likeness (QED) is 0.588. The summed E-state index contributed by atoms with van der Waals surface area (Å²) in [7, 11) is 0. The van der Waals surface area contributed by atoms with Gasteiger partial charge in [0.25, 0.3) is 0 Å². The number of amidine groups is 2. The molecule has 0 aromatic heterocycles. The molecule has 0 fully saturated rings. The van der Waals surface area contributed by atoms with E-state index in [1.54, 1.807) is 6.08 Å². The highest BCUT2D eigenvalue weighted by Gasteiger charge is 2.29. The monoisotopic (exact) mass is 395 g/mol. The Labute approximate surface area is 158 Å². The molecule has 0 radical (unpaired) electrons. The van der Waals surface area contributed by atoms with Crippen molar-refractivity contribution in [1.82, 2.24) is 0 Å². The second-order valence-corrected chi connectivity index (χ2v) is 6.18. The minimum atomic E-state index is -4.39. The molecular weight excluding hydrogens is 382 g/mol. The molecule has 140 valence electrons. The number of hydrogen-bond acceptors (Lipinski definition) is 2. The Balaban J connectivity index is 1.82. The van der Waals surface area contributed by atoms with E-state index in [-0.39, 0.29) is 5.02 Å². The first kappa shape index (κ1) is 19.1. The Bertz CT molecular complexity index is 916. The van der Waals surface area contributed by atoms with E-state index in [0.29, 0.717) is 35.9 Å². The molecule has 3 rings (SSSR count). The Kier molecular flexibility index (Phi) is 5.60. The van der Waals surface area contributed by atoms with E-state index in [1.807, 2.05) is 6.08 Å². The minimum absolute atomic E-state index is 0.00834. The molecule has 0 saturated carbocycles. The number of nitrogens with one attached hydrogen (secondary N) is 1. The first-order chi connectivity index (χ1) is 12.8. The molecular formula is C19H14ClF4N3. The van der Waals surface area contributed by atoms with Crippen LogP contribution in [-0.2, 0) is 6.18 Å². The van der Waals surface area contributed by atoms with Gasteiger partial charge in [0.1, 0.15) is 11.7 Å². The maximum atomic E-state index is 13.3. The summed E-state index contributed by atoms with van der Waals surface area (Å²) in [5.41, 5.74) is 0.204. The van der Waals surface area contributed by atoms with Crippen molar-refractivity contribution in [2.45, 2.75) is 19.0 Å². The summed E-state index contributed by atoms with van der Waals surface area (Å²) in [6.07, 6.45) is 0.479. The van der Waals surface area contributed by atoms with Crippen LogP contribution in [0, 0.1) is 5.82 Å². The van der Waals surface area contributed by atoms with E-state index in [1.165, 1.54) is 30.3 Å². The zero-order valence-electron chi connectivity index (χ0n) is 13.9. The molecule has 8 heteroatoms. The van der Waals surface area contributed by atoms with E-state index in [2.05, 4.69) is 15.3 Å². The fourth-order valence-corrected chi connectivity index (χ4v) is 2.57. The SMILES string of the molecule is Fc1ccc(NC2=NC(=Nc3ccc(C(F)(F)F)cc3)C=CCC2)cc1Cl. The summed E-state index contributed by atoms with van der Waals surface area (Å²) in [4.78, 5) is 8.67. The van der Waals surface area contributed by atoms with Gasteiger partial charge >= 0.3 is 6.18 Å². The van der Waals surface area contributed by atoms with Crippen molar-refractivity contribution < 1.29 is 17.6 Å². The summed E-state index contributed by atoms with van der Waals surface area (Å²) < 4.78 is 51.2. The Morgan fingerprint density at radius 3 is 2.48 bits per heavy atom. The average molecular weight is 396 g/mol. The topological polar surface area (TPSA) is 36.8 Å². The van der Waals surface area contributed by atoms with Gasteiger partial charge in [0, 0.05) is 12.1 Å². The number of hydrogen-bond donors (Lipinski definition) is 1. The third-order valence-electron chi connectivity index (χ3n) is 3.71. The highest BCUT2D eigenvalue weighted by molar-refractivity contribution is 6.31. The van der Waals surface area contributed by atoms with Crippen molar-refractivity contribution in [3.63, 3.8) is 0 Å². The van der Waals surface area contributed by atoms with Gasteiger partial charge in [0.15, 0.2) is 5.84 Å². The second kappa shape index (κ2) is 7.92. The van der Waals surface area contributed by atoms with Crippen molar-refractivity contribution in [3.8, 4) is 0 Å². The molecule has 0 amide bonds. The van der Waals surface area contributed by atoms with Crippen molar-refractivity contribution in [2.75, 3.05) is 5.32 Å². The number of nitrogens with zero attached hydrogens (tertiary/aromatic N) is 2. The molecule has 1 N–H and O–H groups in total. The fourth-order valence-electron chi connectivity index (χ4n) is 2.39. The number of rotatable bonds is 2. The van der Waals surface area contributed by atoms with Crippen LogP contribution in [0.5, 0.6) is 0 Å². The summed E-state index contributed by atoms with van der Waals surface area (Å²) in [5.74, 6) is 0.424. The van der Waals surface area contributed by atoms with Crippen molar-refractivity contribution in [2.24, 2.45) is 9.98 Å². The predicted octanol–water partition coefficient (Wildman–Crippen LogP) is 6.39. The first-order valence-electron chi connectivity index (χ1n) is 8.03. The number of halogens is 5. The van der Waals surface area contributed by atoms with Crippen molar-refractivity contribution in [3.05, 3.63) is 71.0 Å². The van der Waals surface area contributed by atoms with Crippen LogP contribution in [0.3, 0.4) is 0 Å². The molecule has 1 aliphatic rings. The maximum Gasteiger partial charge on any atom is 0.416 e. The van der Waals surface area contributed by atoms with E-state index < -0.39 is 17.6 Å². The number of allylic oxidation sites excluding steroid dienone is 1. The van der Waals surface area contributed by atoms with Crippen LogP contribution in [0.4, 0.5) is 28.9 Å². The van der Waals surface area contributed by atoms with E-state index in [0.717, 1.165) is 12.1 Å². The Morgan fingerprint density at radius 2 is 1.81 bits per heavy atom. The van der Waals surface area contributed by atoms with Gasteiger partial charge in [0.2, 0.25) is 0 Å². The second-order valence-electron chi connectivity index (χ2n) is 5.77. The van der Waals surface area contributed by atoms with Crippen LogP contribution in [0.1, 0.15) is 18.4 Å². The van der Waals surface area contributed by atoms with Gasteiger partial charge < -0.3 is 5.32 Å². The van der Waals surface area contributed by atoms with E-state index in [9.17, 15) is 17.6 Å². The van der Waals surface area contributed by atoms with Gasteiger partial charge in [0.05, 0.1) is 16.3 Å². The molecule has 1 heterocycles. The smallest absolute Gasteiger partial charge is 0.344 e. The normalized spacial score (nSPS) is 16.2. The van der Waals surface area contributed by atoms with Gasteiger partial charge in [-0.25, -0.2) is 14.4 Å². The van der Waals surface area contributed by atoms with E-state index in [4.69, 9.17) is 11.6 Å². The first-order valence-corrected chi connectivity index (χ1v) is 8.41.